The number of hydrogen-bond donors (Lipinski definition) is 3. The number of nitrogens with two attached hydrogens (primary N) is 1. The van der Waals surface area contributed by atoms with Crippen molar-refractivity contribution in [2.45, 2.75) is 25.0 Å². The summed E-state index contributed by atoms with van der Waals surface area (Å²) in [6.07, 6.45) is 0.885. The molecule has 1 fully saturated rings. The average Bonchev–Trinajstić information content (AvgIpc) is 2.95. The lowest BCUT2D eigenvalue weighted by Crippen LogP contribution is -2.39. The Morgan fingerprint density at radius 3 is 2.57 bits per heavy atom. The molecule has 0 aromatic heterocycles. The first kappa shape index (κ1) is 17.4. The molecule has 0 unspecified atom stereocenters. The quantitative estimate of drug-likeness (QED) is 0.745. The van der Waals surface area contributed by atoms with Gasteiger partial charge in [0.05, 0.1) is 12.6 Å². The third-order valence-electron chi connectivity index (χ3n) is 3.14. The summed E-state index contributed by atoms with van der Waals surface area (Å²) in [6, 6.07) is 9.08. The lowest BCUT2D eigenvalue weighted by Gasteiger charge is -2.12. The van der Waals surface area contributed by atoms with Crippen molar-refractivity contribution < 1.29 is 14.3 Å². The highest BCUT2D eigenvalue weighted by Crippen LogP contribution is 2.18. The summed E-state index contributed by atoms with van der Waals surface area (Å²) in [4.78, 5) is 23.5. The first-order chi connectivity index (χ1) is 9.69. The van der Waals surface area contributed by atoms with Crippen LogP contribution < -0.4 is 16.4 Å². The second kappa shape index (κ2) is 8.61. The fourth-order valence-corrected chi connectivity index (χ4v) is 2.08. The first-order valence-electron chi connectivity index (χ1n) is 6.67. The fraction of sp³-hybridized carbons (Fsp3) is 0.429. The number of rotatable bonds is 5. The van der Waals surface area contributed by atoms with E-state index in [2.05, 4.69) is 10.6 Å². The maximum absolute atomic E-state index is 11.8. The topological polar surface area (TPSA) is 93.5 Å². The Balaban J connectivity index is 0.00000220. The Morgan fingerprint density at radius 1 is 1.24 bits per heavy atom. The van der Waals surface area contributed by atoms with Crippen molar-refractivity contribution >= 4 is 29.9 Å². The third-order valence-corrected chi connectivity index (χ3v) is 3.14. The fourth-order valence-electron chi connectivity index (χ4n) is 2.08. The molecule has 116 valence electrons. The molecule has 1 aliphatic rings. The van der Waals surface area contributed by atoms with E-state index in [9.17, 15) is 9.59 Å². The zero-order valence-corrected chi connectivity index (χ0v) is 12.4. The average molecular weight is 314 g/mol. The van der Waals surface area contributed by atoms with Gasteiger partial charge in [0.1, 0.15) is 6.10 Å². The summed E-state index contributed by atoms with van der Waals surface area (Å²) in [7, 11) is 0. The number of carbonyl (C=O) groups is 2. The highest BCUT2D eigenvalue weighted by molar-refractivity contribution is 5.95. The van der Waals surface area contributed by atoms with Crippen molar-refractivity contribution in [3.63, 3.8) is 0 Å². The molecule has 1 heterocycles. The molecule has 1 saturated heterocycles. The molecule has 7 heteroatoms. The summed E-state index contributed by atoms with van der Waals surface area (Å²) in [6.45, 7) is 0.346. The second-order valence-corrected chi connectivity index (χ2v) is 4.69. The van der Waals surface area contributed by atoms with Gasteiger partial charge in [0.25, 0.3) is 0 Å². The van der Waals surface area contributed by atoms with Crippen LogP contribution in [0.4, 0.5) is 5.69 Å². The lowest BCUT2D eigenvalue weighted by molar-refractivity contribution is -0.133. The molecule has 4 N–H and O–H groups in total. The number of halogens is 1. The predicted molar refractivity (Wildman–Crippen MR) is 82.3 cm³/mol. The number of carbonyl (C=O) groups excluding carboxylic acids is 2. The van der Waals surface area contributed by atoms with Crippen molar-refractivity contribution in [3.05, 3.63) is 30.3 Å². The molecule has 21 heavy (non-hydrogen) atoms. The Kier molecular flexibility index (Phi) is 7.14. The molecule has 1 aromatic rings. The molecular formula is C14H20ClN3O3. The highest BCUT2D eigenvalue weighted by atomic mass is 35.5. The molecule has 2 rings (SSSR count). The summed E-state index contributed by atoms with van der Waals surface area (Å²) >= 11 is 0. The molecular weight excluding hydrogens is 294 g/mol. The number of ether oxygens (including phenoxy) is 1. The number of benzene rings is 1. The van der Waals surface area contributed by atoms with E-state index in [1.807, 2.05) is 18.2 Å². The smallest absolute Gasteiger partial charge is 0.249 e. The molecule has 0 saturated carbocycles. The standard InChI is InChI=1S/C14H19N3O3.ClH/c15-8-11-6-7-12(20-11)14(19)16-9-13(18)17-10-4-2-1-3-5-10;/h1-5,11-12H,6-9,15H2,(H,16,19)(H,17,18);1H/t11-,12+;/m1./s1. The van der Waals surface area contributed by atoms with Gasteiger partial charge >= 0.3 is 0 Å². The number of hydrogen-bond acceptors (Lipinski definition) is 4. The van der Waals surface area contributed by atoms with E-state index in [1.165, 1.54) is 0 Å². The Morgan fingerprint density at radius 2 is 1.95 bits per heavy atom. The van der Waals surface area contributed by atoms with Gasteiger partial charge in [0.15, 0.2) is 0 Å². The first-order valence-corrected chi connectivity index (χ1v) is 6.67. The summed E-state index contributed by atoms with van der Waals surface area (Å²) < 4.78 is 5.45. The minimum absolute atomic E-state index is 0. The van der Waals surface area contributed by atoms with Gasteiger partial charge in [-0.15, -0.1) is 12.4 Å². The van der Waals surface area contributed by atoms with E-state index in [-0.39, 0.29) is 36.9 Å². The van der Waals surface area contributed by atoms with E-state index in [0.29, 0.717) is 18.7 Å². The summed E-state index contributed by atoms with van der Waals surface area (Å²) in [5, 5.41) is 5.27. The SMILES string of the molecule is Cl.NC[C@H]1CC[C@@H](C(=O)NCC(=O)Nc2ccccc2)O1. The summed E-state index contributed by atoms with van der Waals surface area (Å²) in [5.74, 6) is -0.526. The molecule has 1 aliphatic heterocycles. The second-order valence-electron chi connectivity index (χ2n) is 4.69. The van der Waals surface area contributed by atoms with Crippen molar-refractivity contribution in [1.82, 2.24) is 5.32 Å². The number of nitrogens with one attached hydrogen (secondary N) is 2. The Labute approximate surface area is 129 Å². The minimum atomic E-state index is -0.493. The molecule has 0 aliphatic carbocycles. The normalized spacial score (nSPS) is 20.4. The van der Waals surface area contributed by atoms with Crippen LogP contribution in [-0.4, -0.2) is 37.1 Å². The Bertz CT molecular complexity index is 470. The van der Waals surface area contributed by atoms with Crippen LogP contribution in [0.25, 0.3) is 0 Å². The molecule has 2 atom stereocenters. The molecule has 0 bridgehead atoms. The van der Waals surface area contributed by atoms with Gasteiger partial charge in [-0.3, -0.25) is 9.59 Å². The van der Waals surface area contributed by atoms with Crippen LogP contribution >= 0.6 is 12.4 Å². The van der Waals surface area contributed by atoms with Crippen LogP contribution in [0.15, 0.2) is 30.3 Å². The Hall–Kier alpha value is -1.63. The zero-order valence-electron chi connectivity index (χ0n) is 11.6. The van der Waals surface area contributed by atoms with Gasteiger partial charge in [-0.1, -0.05) is 18.2 Å². The van der Waals surface area contributed by atoms with Gasteiger partial charge in [0, 0.05) is 12.2 Å². The monoisotopic (exact) mass is 313 g/mol. The van der Waals surface area contributed by atoms with Crippen molar-refractivity contribution in [2.75, 3.05) is 18.4 Å². The van der Waals surface area contributed by atoms with Crippen molar-refractivity contribution in [3.8, 4) is 0 Å². The zero-order chi connectivity index (χ0) is 14.4. The molecule has 0 spiro atoms. The lowest BCUT2D eigenvalue weighted by atomic mass is 10.2. The van der Waals surface area contributed by atoms with Gasteiger partial charge in [-0.2, -0.15) is 0 Å². The van der Waals surface area contributed by atoms with Crippen molar-refractivity contribution in [1.29, 1.82) is 0 Å². The molecule has 0 radical (unpaired) electrons. The van der Waals surface area contributed by atoms with Crippen molar-refractivity contribution in [2.24, 2.45) is 5.73 Å². The van der Waals surface area contributed by atoms with Crippen LogP contribution in [0.2, 0.25) is 0 Å². The van der Waals surface area contributed by atoms with Crippen LogP contribution in [0.3, 0.4) is 0 Å². The predicted octanol–water partition coefficient (Wildman–Crippen LogP) is 0.669. The molecule has 6 nitrogen and oxygen atoms in total. The van der Waals surface area contributed by atoms with E-state index in [4.69, 9.17) is 10.5 Å². The van der Waals surface area contributed by atoms with E-state index in [1.54, 1.807) is 12.1 Å². The van der Waals surface area contributed by atoms with Crippen LogP contribution in [-0.2, 0) is 14.3 Å². The number of para-hydroxylation sites is 1. The third kappa shape index (κ3) is 5.34. The van der Waals surface area contributed by atoms with E-state index in [0.717, 1.165) is 6.42 Å². The highest BCUT2D eigenvalue weighted by Gasteiger charge is 2.29. The van der Waals surface area contributed by atoms with Crippen LogP contribution in [0, 0.1) is 0 Å². The van der Waals surface area contributed by atoms with Crippen LogP contribution in [0.1, 0.15) is 12.8 Å². The van der Waals surface area contributed by atoms with Gasteiger partial charge in [0.2, 0.25) is 11.8 Å². The summed E-state index contributed by atoms with van der Waals surface area (Å²) in [5.41, 5.74) is 6.18. The maximum Gasteiger partial charge on any atom is 0.249 e. The minimum Gasteiger partial charge on any atom is -0.364 e. The van der Waals surface area contributed by atoms with Gasteiger partial charge < -0.3 is 21.1 Å². The maximum atomic E-state index is 11.8. The number of anilines is 1. The van der Waals surface area contributed by atoms with E-state index >= 15 is 0 Å². The van der Waals surface area contributed by atoms with Gasteiger partial charge in [-0.05, 0) is 25.0 Å². The molecule has 2 amide bonds. The van der Waals surface area contributed by atoms with Gasteiger partial charge in [-0.25, -0.2) is 0 Å². The number of amides is 2. The molecule has 1 aromatic carbocycles. The van der Waals surface area contributed by atoms with E-state index < -0.39 is 6.10 Å². The largest absolute Gasteiger partial charge is 0.364 e. The van der Waals surface area contributed by atoms with Crippen LogP contribution in [0.5, 0.6) is 0 Å².